The number of hydrogen-bond donors (Lipinski definition) is 0. The van der Waals surface area contributed by atoms with Crippen LogP contribution < -0.4 is 0 Å². The molecule has 27 heavy (non-hydrogen) atoms. The molecule has 7 nitrogen and oxygen atoms in total. The molecule has 3 aromatic rings. The second-order valence-corrected chi connectivity index (χ2v) is 6.26. The van der Waals surface area contributed by atoms with Gasteiger partial charge in [0.2, 0.25) is 0 Å². The molecule has 2 aromatic heterocycles. The first-order chi connectivity index (χ1) is 13.0. The average Bonchev–Trinajstić information content (AvgIpc) is 3.06. The summed E-state index contributed by atoms with van der Waals surface area (Å²) in [6.45, 7) is 12.0. The van der Waals surface area contributed by atoms with Crippen LogP contribution in [0.3, 0.4) is 0 Å². The molecule has 0 aliphatic carbocycles. The standard InChI is InChI=1S/C20H20N4O3/c1-13(2)24-18-6-5-14(11-16(18)19(21-3)23-24)17-12-15(7-8-22-17)20(25)27-10-9-26-4/h5-8,11-13H,9-10H2,1-2,4H3. The lowest BCUT2D eigenvalue weighted by molar-refractivity contribution is 0.0388. The van der Waals surface area contributed by atoms with Crippen LogP contribution in [-0.4, -0.2) is 41.1 Å². The van der Waals surface area contributed by atoms with Crippen LogP contribution in [0.15, 0.2) is 36.5 Å². The van der Waals surface area contributed by atoms with Crippen molar-refractivity contribution in [2.75, 3.05) is 20.3 Å². The molecular weight excluding hydrogens is 344 g/mol. The summed E-state index contributed by atoms with van der Waals surface area (Å²) in [4.78, 5) is 20.0. The molecule has 3 rings (SSSR count). The maximum Gasteiger partial charge on any atom is 0.338 e. The molecule has 0 saturated carbocycles. The number of benzene rings is 1. The minimum Gasteiger partial charge on any atom is -0.460 e. The normalized spacial score (nSPS) is 10.9. The Bertz CT molecular complexity index is 1020. The minimum atomic E-state index is -0.425. The lowest BCUT2D eigenvalue weighted by Crippen LogP contribution is -2.10. The summed E-state index contributed by atoms with van der Waals surface area (Å²) in [6.07, 6.45) is 1.57. The third-order valence-corrected chi connectivity index (χ3v) is 4.09. The molecule has 0 fully saturated rings. The van der Waals surface area contributed by atoms with E-state index >= 15 is 0 Å². The highest BCUT2D eigenvalue weighted by molar-refractivity contribution is 5.95. The Kier molecular flexibility index (Phi) is 5.48. The zero-order valence-corrected chi connectivity index (χ0v) is 15.5. The number of nitrogens with zero attached hydrogens (tertiary/aromatic N) is 4. The molecule has 0 spiro atoms. The van der Waals surface area contributed by atoms with Crippen LogP contribution >= 0.6 is 0 Å². The molecule has 0 saturated heterocycles. The van der Waals surface area contributed by atoms with Crippen LogP contribution in [0, 0.1) is 6.57 Å². The van der Waals surface area contributed by atoms with Crippen LogP contribution in [0.5, 0.6) is 0 Å². The Balaban J connectivity index is 1.97. The number of fused-ring (bicyclic) bond motifs is 1. The van der Waals surface area contributed by atoms with Crippen molar-refractivity contribution in [3.05, 3.63) is 53.5 Å². The Hall–Kier alpha value is -3.24. The number of ether oxygens (including phenoxy) is 2. The van der Waals surface area contributed by atoms with Crippen molar-refractivity contribution < 1.29 is 14.3 Å². The number of carbonyl (C=O) groups excluding carboxylic acids is 1. The summed E-state index contributed by atoms with van der Waals surface area (Å²) in [7, 11) is 1.55. The van der Waals surface area contributed by atoms with Gasteiger partial charge in [-0.15, -0.1) is 0 Å². The van der Waals surface area contributed by atoms with Gasteiger partial charge in [0.05, 0.1) is 29.4 Å². The van der Waals surface area contributed by atoms with E-state index in [0.717, 1.165) is 16.5 Å². The van der Waals surface area contributed by atoms with Gasteiger partial charge < -0.3 is 14.3 Å². The van der Waals surface area contributed by atoms with Gasteiger partial charge in [-0.25, -0.2) is 4.79 Å². The fourth-order valence-electron chi connectivity index (χ4n) is 2.78. The molecule has 0 atom stereocenters. The zero-order valence-electron chi connectivity index (χ0n) is 15.5. The summed E-state index contributed by atoms with van der Waals surface area (Å²) in [6, 6.07) is 9.17. The van der Waals surface area contributed by atoms with Crippen LogP contribution in [0.1, 0.15) is 30.2 Å². The highest BCUT2D eigenvalue weighted by atomic mass is 16.6. The predicted octanol–water partition coefficient (Wildman–Crippen LogP) is 4.03. The monoisotopic (exact) mass is 364 g/mol. The van der Waals surface area contributed by atoms with Crippen molar-refractivity contribution in [1.82, 2.24) is 14.8 Å². The van der Waals surface area contributed by atoms with E-state index in [9.17, 15) is 4.79 Å². The van der Waals surface area contributed by atoms with E-state index < -0.39 is 5.97 Å². The fraction of sp³-hybridized carbons (Fsp3) is 0.300. The molecule has 0 radical (unpaired) electrons. The van der Waals surface area contributed by atoms with Crippen molar-refractivity contribution in [3.63, 3.8) is 0 Å². The third-order valence-electron chi connectivity index (χ3n) is 4.09. The quantitative estimate of drug-likeness (QED) is 0.375. The van der Waals surface area contributed by atoms with Crippen molar-refractivity contribution in [2.24, 2.45) is 0 Å². The number of aromatic nitrogens is 3. The van der Waals surface area contributed by atoms with E-state index in [2.05, 4.69) is 14.9 Å². The van der Waals surface area contributed by atoms with Gasteiger partial charge in [-0.2, -0.15) is 4.68 Å². The Labute approximate surface area is 157 Å². The SMILES string of the molecule is [C-]#[N+]c1nn(C(C)C)c2ccc(-c3cc(C(=O)OCCOC)ccn3)cc12. The molecule has 2 heterocycles. The lowest BCUT2D eigenvalue weighted by Gasteiger charge is -2.07. The minimum absolute atomic E-state index is 0.150. The molecule has 7 heteroatoms. The highest BCUT2D eigenvalue weighted by Gasteiger charge is 2.16. The van der Waals surface area contributed by atoms with Gasteiger partial charge in [0.25, 0.3) is 0 Å². The number of pyridine rings is 1. The van der Waals surface area contributed by atoms with Gasteiger partial charge in [0.1, 0.15) is 6.61 Å². The fourth-order valence-corrected chi connectivity index (χ4v) is 2.78. The summed E-state index contributed by atoms with van der Waals surface area (Å²) < 4.78 is 11.9. The zero-order chi connectivity index (χ0) is 19.4. The maximum atomic E-state index is 12.1. The second kappa shape index (κ2) is 7.98. The molecule has 0 N–H and O–H groups in total. The van der Waals surface area contributed by atoms with Crippen LogP contribution in [0.2, 0.25) is 0 Å². The summed E-state index contributed by atoms with van der Waals surface area (Å²) in [5.41, 5.74) is 2.75. The highest BCUT2D eigenvalue weighted by Crippen LogP contribution is 2.31. The third kappa shape index (κ3) is 3.81. The van der Waals surface area contributed by atoms with Crippen molar-refractivity contribution in [2.45, 2.75) is 19.9 Å². The maximum absolute atomic E-state index is 12.1. The van der Waals surface area contributed by atoms with E-state index in [0.29, 0.717) is 23.7 Å². The smallest absolute Gasteiger partial charge is 0.338 e. The summed E-state index contributed by atoms with van der Waals surface area (Å²) >= 11 is 0. The van der Waals surface area contributed by atoms with E-state index in [1.165, 1.54) is 0 Å². The molecule has 138 valence electrons. The molecule has 0 aliphatic rings. The first-order valence-corrected chi connectivity index (χ1v) is 8.57. The lowest BCUT2D eigenvalue weighted by atomic mass is 10.1. The van der Waals surface area contributed by atoms with Gasteiger partial charge in [0.15, 0.2) is 0 Å². The molecule has 0 bridgehead atoms. The van der Waals surface area contributed by atoms with Crippen molar-refractivity contribution in [1.29, 1.82) is 0 Å². The van der Waals surface area contributed by atoms with E-state index in [1.54, 1.807) is 25.4 Å². The molecule has 1 aromatic carbocycles. The van der Waals surface area contributed by atoms with Crippen molar-refractivity contribution in [3.8, 4) is 11.3 Å². The number of esters is 1. The Morgan fingerprint density at radius 2 is 2.07 bits per heavy atom. The first kappa shape index (κ1) is 18.5. The van der Waals surface area contributed by atoms with E-state index in [-0.39, 0.29) is 12.6 Å². The molecular formula is C20H20N4O3. The van der Waals surface area contributed by atoms with E-state index in [4.69, 9.17) is 16.0 Å². The van der Waals surface area contributed by atoms with Gasteiger partial charge in [-0.1, -0.05) is 18.7 Å². The topological polar surface area (TPSA) is 70.6 Å². The second-order valence-electron chi connectivity index (χ2n) is 6.26. The average molecular weight is 364 g/mol. The largest absolute Gasteiger partial charge is 0.460 e. The van der Waals surface area contributed by atoms with Gasteiger partial charge >= 0.3 is 11.8 Å². The first-order valence-electron chi connectivity index (χ1n) is 8.57. The Morgan fingerprint density at radius 1 is 1.26 bits per heavy atom. The van der Waals surface area contributed by atoms with Crippen LogP contribution in [-0.2, 0) is 9.47 Å². The number of rotatable bonds is 6. The summed E-state index contributed by atoms with van der Waals surface area (Å²) in [5.74, 6) is -0.0677. The molecule has 0 amide bonds. The van der Waals surface area contributed by atoms with Crippen molar-refractivity contribution >= 4 is 22.7 Å². The number of hydrogen-bond acceptors (Lipinski definition) is 5. The number of methoxy groups -OCH3 is 1. The predicted molar refractivity (Wildman–Crippen MR) is 102 cm³/mol. The van der Waals surface area contributed by atoms with Gasteiger partial charge in [-0.05, 0) is 42.7 Å². The van der Waals surface area contributed by atoms with Gasteiger partial charge in [0, 0.05) is 18.7 Å². The summed E-state index contributed by atoms with van der Waals surface area (Å²) in [5, 5.41) is 5.16. The van der Waals surface area contributed by atoms with Crippen LogP contribution in [0.25, 0.3) is 27.0 Å². The Morgan fingerprint density at radius 3 is 2.78 bits per heavy atom. The van der Waals surface area contributed by atoms with E-state index in [1.807, 2.05) is 36.7 Å². The van der Waals surface area contributed by atoms with Crippen LogP contribution in [0.4, 0.5) is 5.82 Å². The molecule has 0 unspecified atom stereocenters. The molecule has 0 aliphatic heterocycles. The number of carbonyl (C=O) groups is 1. The van der Waals surface area contributed by atoms with Gasteiger partial charge in [-0.3, -0.25) is 4.98 Å².